The summed E-state index contributed by atoms with van der Waals surface area (Å²) in [6.07, 6.45) is 1.02. The average molecular weight is 692 g/mol. The second-order valence-electron chi connectivity index (χ2n) is 15.3. The molecule has 8 aromatic rings. The molecule has 0 aliphatic heterocycles. The van der Waals surface area contributed by atoms with Gasteiger partial charge in [-0.1, -0.05) is 166 Å². The van der Waals surface area contributed by atoms with Gasteiger partial charge in [0.15, 0.2) is 0 Å². The smallest absolute Gasteiger partial charge is 0.0462 e. The van der Waals surface area contributed by atoms with Gasteiger partial charge >= 0.3 is 0 Å². The van der Waals surface area contributed by atoms with Crippen molar-refractivity contribution >= 4 is 17.1 Å². The first-order chi connectivity index (χ1) is 26.6. The Balaban J connectivity index is 1.11. The maximum atomic E-state index is 2.48. The van der Waals surface area contributed by atoms with Gasteiger partial charge in [0.25, 0.3) is 0 Å². The van der Waals surface area contributed by atoms with Gasteiger partial charge in [-0.2, -0.15) is 0 Å². The van der Waals surface area contributed by atoms with Crippen molar-refractivity contribution in [1.29, 1.82) is 0 Å². The van der Waals surface area contributed by atoms with E-state index in [0.29, 0.717) is 5.92 Å². The predicted molar refractivity (Wildman–Crippen MR) is 227 cm³/mol. The van der Waals surface area contributed by atoms with Crippen LogP contribution >= 0.6 is 0 Å². The lowest BCUT2D eigenvalue weighted by atomic mass is 9.74. The zero-order valence-electron chi connectivity index (χ0n) is 30.7. The molecule has 1 atom stereocenters. The van der Waals surface area contributed by atoms with E-state index in [0.717, 1.165) is 23.5 Å². The molecule has 2 aliphatic rings. The fourth-order valence-corrected chi connectivity index (χ4v) is 9.24. The largest absolute Gasteiger partial charge is 0.311 e. The van der Waals surface area contributed by atoms with E-state index >= 15 is 0 Å². The highest BCUT2D eigenvalue weighted by molar-refractivity contribution is 6.00. The Morgan fingerprint density at radius 2 is 0.926 bits per heavy atom. The van der Waals surface area contributed by atoms with Crippen molar-refractivity contribution in [2.75, 3.05) is 4.90 Å². The normalized spacial score (nSPS) is 14.7. The number of rotatable bonds is 6. The molecule has 1 heteroatoms. The lowest BCUT2D eigenvalue weighted by Crippen LogP contribution is -2.15. The van der Waals surface area contributed by atoms with Crippen molar-refractivity contribution in [3.05, 3.63) is 222 Å². The van der Waals surface area contributed by atoms with E-state index in [1.54, 1.807) is 0 Å². The van der Waals surface area contributed by atoms with Gasteiger partial charge in [0.2, 0.25) is 0 Å². The fraction of sp³-hybridized carbons (Fsp3) is 0.0943. The molecule has 258 valence electrons. The van der Waals surface area contributed by atoms with Crippen LogP contribution in [0.3, 0.4) is 0 Å². The lowest BCUT2D eigenvalue weighted by Gasteiger charge is -2.29. The Kier molecular flexibility index (Phi) is 7.70. The van der Waals surface area contributed by atoms with Crippen molar-refractivity contribution in [2.45, 2.75) is 31.6 Å². The van der Waals surface area contributed by atoms with Gasteiger partial charge in [-0.3, -0.25) is 0 Å². The Labute approximate surface area is 318 Å². The molecule has 0 fully saturated rings. The third kappa shape index (κ3) is 5.23. The van der Waals surface area contributed by atoms with Crippen molar-refractivity contribution in [2.24, 2.45) is 0 Å². The summed E-state index contributed by atoms with van der Waals surface area (Å²) in [4.78, 5) is 2.33. The number of hydrogen-bond donors (Lipinski definition) is 0. The highest BCUT2D eigenvalue weighted by Gasteiger charge is 2.38. The van der Waals surface area contributed by atoms with E-state index in [1.807, 2.05) is 0 Å². The Morgan fingerprint density at radius 3 is 1.56 bits per heavy atom. The van der Waals surface area contributed by atoms with Crippen LogP contribution in [0.15, 0.2) is 194 Å². The maximum Gasteiger partial charge on any atom is 0.0462 e. The van der Waals surface area contributed by atoms with Gasteiger partial charge < -0.3 is 4.90 Å². The average Bonchev–Trinajstić information content (AvgIpc) is 3.48. The van der Waals surface area contributed by atoms with Gasteiger partial charge in [-0.25, -0.2) is 0 Å². The molecule has 0 saturated carbocycles. The van der Waals surface area contributed by atoms with Gasteiger partial charge in [0.1, 0.15) is 0 Å². The lowest BCUT2D eigenvalue weighted by molar-refractivity contribution is 0.660. The minimum absolute atomic E-state index is 0.132. The monoisotopic (exact) mass is 691 g/mol. The predicted octanol–water partition coefficient (Wildman–Crippen LogP) is 14.2. The van der Waals surface area contributed by atoms with Gasteiger partial charge in [0, 0.05) is 28.4 Å². The number of hydrogen-bond acceptors (Lipinski definition) is 1. The van der Waals surface area contributed by atoms with Crippen LogP contribution in [-0.2, 0) is 11.8 Å². The van der Waals surface area contributed by atoms with Crippen LogP contribution in [0.25, 0.3) is 44.5 Å². The van der Waals surface area contributed by atoms with E-state index in [-0.39, 0.29) is 5.41 Å². The van der Waals surface area contributed by atoms with E-state index in [2.05, 4.69) is 213 Å². The molecule has 1 unspecified atom stereocenters. The highest BCUT2D eigenvalue weighted by Crippen LogP contribution is 2.56. The van der Waals surface area contributed by atoms with Crippen LogP contribution < -0.4 is 4.90 Å². The van der Waals surface area contributed by atoms with E-state index < -0.39 is 0 Å². The van der Waals surface area contributed by atoms with Gasteiger partial charge in [-0.15, -0.1) is 0 Å². The first-order valence-corrected chi connectivity index (χ1v) is 19.1. The van der Waals surface area contributed by atoms with Gasteiger partial charge in [-0.05, 0) is 121 Å². The standard InChI is InChI=1S/C53H41N/c1-53(2)49-26-14-24-44(37-28-31-42(32-29-37)54(40-19-8-4-9-20-40)41-21-10-5-11-22-41)51(49)52-45(25-15-27-50(52)53)39-30-33-46-47(36-16-6-3-7-17-36)34-38-18-12-13-23-43(38)48(46)35-39/h3-33,35,47H,34H2,1-2H3. The summed E-state index contributed by atoms with van der Waals surface area (Å²) in [5.41, 5.74) is 20.7. The summed E-state index contributed by atoms with van der Waals surface area (Å²) in [5, 5.41) is 0. The van der Waals surface area contributed by atoms with E-state index in [1.165, 1.54) is 72.3 Å². The number of benzene rings is 8. The molecule has 0 saturated heterocycles. The van der Waals surface area contributed by atoms with Crippen molar-refractivity contribution < 1.29 is 0 Å². The summed E-state index contributed by atoms with van der Waals surface area (Å²) >= 11 is 0. The summed E-state index contributed by atoms with van der Waals surface area (Å²) in [7, 11) is 0. The Hall–Kier alpha value is -6.44. The maximum absolute atomic E-state index is 2.48. The number of anilines is 3. The number of para-hydroxylation sites is 2. The number of nitrogens with zero attached hydrogens (tertiary/aromatic N) is 1. The SMILES string of the molecule is CC1(C)c2cccc(-c3ccc(N(c4ccccc4)c4ccccc4)cc3)c2-c2c(-c3ccc4c(c3)-c3ccccc3CC4c3ccccc3)cccc21. The fourth-order valence-electron chi connectivity index (χ4n) is 9.24. The van der Waals surface area contributed by atoms with Crippen molar-refractivity contribution in [3.8, 4) is 44.5 Å². The second kappa shape index (κ2) is 12.9. The Morgan fingerprint density at radius 1 is 0.426 bits per heavy atom. The molecule has 10 rings (SSSR count). The van der Waals surface area contributed by atoms with Crippen molar-refractivity contribution in [1.82, 2.24) is 0 Å². The topological polar surface area (TPSA) is 3.24 Å². The molecular weight excluding hydrogens is 651 g/mol. The van der Waals surface area contributed by atoms with Crippen LogP contribution in [0.5, 0.6) is 0 Å². The molecule has 0 radical (unpaired) electrons. The molecule has 0 N–H and O–H groups in total. The molecule has 0 heterocycles. The van der Waals surface area contributed by atoms with Crippen LogP contribution in [0, 0.1) is 0 Å². The van der Waals surface area contributed by atoms with Crippen LogP contribution in [-0.4, -0.2) is 0 Å². The molecule has 8 aromatic carbocycles. The third-order valence-corrected chi connectivity index (χ3v) is 11.9. The minimum Gasteiger partial charge on any atom is -0.311 e. The summed E-state index contributed by atoms with van der Waals surface area (Å²) in [5.74, 6) is 0.334. The molecule has 0 spiro atoms. The molecular formula is C53H41N. The van der Waals surface area contributed by atoms with Crippen LogP contribution in [0.1, 0.15) is 47.6 Å². The first kappa shape index (κ1) is 32.2. The molecule has 0 aromatic heterocycles. The first-order valence-electron chi connectivity index (χ1n) is 19.1. The van der Waals surface area contributed by atoms with Crippen LogP contribution in [0.2, 0.25) is 0 Å². The third-order valence-electron chi connectivity index (χ3n) is 11.9. The summed E-state index contributed by atoms with van der Waals surface area (Å²) in [6.45, 7) is 4.78. The van der Waals surface area contributed by atoms with E-state index in [9.17, 15) is 0 Å². The quantitative estimate of drug-likeness (QED) is 0.168. The zero-order chi connectivity index (χ0) is 36.2. The molecule has 1 nitrogen and oxygen atoms in total. The summed E-state index contributed by atoms with van der Waals surface area (Å²) in [6, 6.07) is 71.6. The molecule has 2 aliphatic carbocycles. The number of fused-ring (bicyclic) bond motifs is 6. The molecule has 54 heavy (non-hydrogen) atoms. The molecule has 0 bridgehead atoms. The summed E-state index contributed by atoms with van der Waals surface area (Å²) < 4.78 is 0. The van der Waals surface area contributed by atoms with E-state index in [4.69, 9.17) is 0 Å². The van der Waals surface area contributed by atoms with Crippen LogP contribution in [0.4, 0.5) is 17.1 Å². The van der Waals surface area contributed by atoms with Crippen molar-refractivity contribution in [3.63, 3.8) is 0 Å². The van der Waals surface area contributed by atoms with Gasteiger partial charge in [0.05, 0.1) is 0 Å². The zero-order valence-corrected chi connectivity index (χ0v) is 30.7. The highest BCUT2D eigenvalue weighted by atomic mass is 15.1. The Bertz CT molecular complexity index is 2600. The minimum atomic E-state index is -0.132. The molecule has 0 amide bonds. The second-order valence-corrected chi connectivity index (χ2v) is 15.3.